The minimum atomic E-state index is 0.0367. The summed E-state index contributed by atoms with van der Waals surface area (Å²) in [4.78, 5) is 28.5. The number of rotatable bonds is 8. The van der Waals surface area contributed by atoms with Crippen molar-refractivity contribution in [1.82, 2.24) is 24.4 Å². The Hall–Kier alpha value is -3.74. The van der Waals surface area contributed by atoms with Gasteiger partial charge in [0.15, 0.2) is 5.65 Å². The van der Waals surface area contributed by atoms with Crippen molar-refractivity contribution in [3.05, 3.63) is 72.2 Å². The number of pyridine rings is 2. The maximum Gasteiger partial charge on any atom is 0.242 e. The molecule has 4 aromatic rings. The third-order valence-electron chi connectivity index (χ3n) is 6.81. The maximum atomic E-state index is 13.0. The van der Waals surface area contributed by atoms with E-state index in [4.69, 9.17) is 4.98 Å². The van der Waals surface area contributed by atoms with Crippen molar-refractivity contribution in [2.24, 2.45) is 0 Å². The Bertz CT molecular complexity index is 1380. The molecule has 0 bridgehead atoms. The van der Waals surface area contributed by atoms with Gasteiger partial charge in [-0.15, -0.1) is 0 Å². The molecular formula is C31H40N6O. The summed E-state index contributed by atoms with van der Waals surface area (Å²) in [6.07, 6.45) is 3.40. The Morgan fingerprint density at radius 3 is 2.32 bits per heavy atom. The predicted octanol–water partition coefficient (Wildman–Crippen LogP) is 6.05. The normalized spacial score (nSPS) is 12.1. The molecule has 0 fully saturated rings. The van der Waals surface area contributed by atoms with Gasteiger partial charge in [0.1, 0.15) is 17.9 Å². The van der Waals surface area contributed by atoms with Crippen LogP contribution in [0.2, 0.25) is 0 Å². The third-order valence-corrected chi connectivity index (χ3v) is 6.81. The van der Waals surface area contributed by atoms with E-state index in [0.29, 0.717) is 19.6 Å². The third kappa shape index (κ3) is 6.39. The number of nitrogens with zero attached hydrogens (tertiary/aromatic N) is 5. The molecule has 1 aromatic carbocycles. The van der Waals surface area contributed by atoms with Crippen LogP contribution in [0.4, 0.5) is 5.82 Å². The molecule has 3 heterocycles. The van der Waals surface area contributed by atoms with Crippen molar-refractivity contribution in [2.75, 3.05) is 25.0 Å². The van der Waals surface area contributed by atoms with Gasteiger partial charge in [-0.25, -0.2) is 15.0 Å². The second-order valence-corrected chi connectivity index (χ2v) is 11.8. The Kier molecular flexibility index (Phi) is 7.86. The van der Waals surface area contributed by atoms with Gasteiger partial charge in [0.25, 0.3) is 0 Å². The molecule has 0 aliphatic rings. The quantitative estimate of drug-likeness (QED) is 0.311. The number of nitrogens with one attached hydrogen (secondary N) is 1. The second-order valence-electron chi connectivity index (χ2n) is 11.8. The Morgan fingerprint density at radius 1 is 0.947 bits per heavy atom. The number of hydrogen-bond acceptors (Lipinski definition) is 5. The molecule has 0 aliphatic carbocycles. The lowest BCUT2D eigenvalue weighted by Crippen LogP contribution is -2.37. The highest BCUT2D eigenvalue weighted by atomic mass is 16.2. The van der Waals surface area contributed by atoms with Crippen molar-refractivity contribution in [3.63, 3.8) is 0 Å². The van der Waals surface area contributed by atoms with Crippen LogP contribution in [0.15, 0.2) is 61.1 Å². The molecule has 0 atom stereocenters. The number of amides is 1. The van der Waals surface area contributed by atoms with Gasteiger partial charge in [-0.2, -0.15) is 0 Å². The van der Waals surface area contributed by atoms with E-state index in [1.54, 1.807) is 17.1 Å². The van der Waals surface area contributed by atoms with E-state index in [9.17, 15) is 4.79 Å². The highest BCUT2D eigenvalue weighted by molar-refractivity contribution is 5.79. The molecule has 0 unspecified atom stereocenters. The van der Waals surface area contributed by atoms with Crippen LogP contribution >= 0.6 is 0 Å². The smallest absolute Gasteiger partial charge is 0.242 e. The van der Waals surface area contributed by atoms with Crippen LogP contribution in [0, 0.1) is 0 Å². The summed E-state index contributed by atoms with van der Waals surface area (Å²) >= 11 is 0. The van der Waals surface area contributed by atoms with Crippen LogP contribution in [-0.2, 0) is 22.2 Å². The number of anilines is 1. The fourth-order valence-electron chi connectivity index (χ4n) is 4.37. The van der Waals surface area contributed by atoms with Gasteiger partial charge in [-0.1, -0.05) is 53.7 Å². The summed E-state index contributed by atoms with van der Waals surface area (Å²) in [5.41, 5.74) is 6.27. The molecule has 0 spiro atoms. The zero-order chi connectivity index (χ0) is 27.5. The summed E-state index contributed by atoms with van der Waals surface area (Å²) < 4.78 is 1.80. The molecule has 0 saturated heterocycles. The number of hydrogen-bond donors (Lipinski definition) is 1. The van der Waals surface area contributed by atoms with E-state index < -0.39 is 0 Å². The number of imidazole rings is 1. The molecule has 7 heteroatoms. The van der Waals surface area contributed by atoms with Crippen molar-refractivity contribution in [2.45, 2.75) is 65.8 Å². The van der Waals surface area contributed by atoms with Gasteiger partial charge < -0.3 is 14.8 Å². The number of carbonyl (C=O) groups excluding carboxylic acids is 1. The SMILES string of the molecule is CCN(CCNc1cccc(-c2cc(C(C)(C)C)cc(C(C)(C)C)c2)n1)C(=O)Cn1cnc2cccnc21. The van der Waals surface area contributed by atoms with Crippen molar-refractivity contribution in [3.8, 4) is 11.3 Å². The second kappa shape index (κ2) is 10.9. The lowest BCUT2D eigenvalue weighted by Gasteiger charge is -2.26. The fraction of sp³-hybridized carbons (Fsp3) is 0.419. The highest BCUT2D eigenvalue weighted by Crippen LogP contribution is 2.33. The molecule has 0 aliphatic heterocycles. The number of carbonyl (C=O) groups is 1. The Morgan fingerprint density at radius 2 is 1.66 bits per heavy atom. The van der Waals surface area contributed by atoms with E-state index in [0.717, 1.165) is 28.2 Å². The van der Waals surface area contributed by atoms with Crippen molar-refractivity contribution in [1.29, 1.82) is 0 Å². The monoisotopic (exact) mass is 512 g/mol. The Labute approximate surface area is 226 Å². The molecule has 1 amide bonds. The van der Waals surface area contributed by atoms with E-state index in [2.05, 4.69) is 81.1 Å². The summed E-state index contributed by atoms with van der Waals surface area (Å²) in [7, 11) is 0. The summed E-state index contributed by atoms with van der Waals surface area (Å²) in [6, 6.07) is 16.7. The van der Waals surface area contributed by atoms with Crippen LogP contribution in [0.25, 0.3) is 22.4 Å². The number of benzene rings is 1. The lowest BCUT2D eigenvalue weighted by molar-refractivity contribution is -0.131. The average Bonchev–Trinajstić information content (AvgIpc) is 3.28. The average molecular weight is 513 g/mol. The van der Waals surface area contributed by atoms with Crippen LogP contribution in [-0.4, -0.2) is 50.0 Å². The minimum absolute atomic E-state index is 0.0367. The molecule has 0 radical (unpaired) electrons. The van der Waals surface area contributed by atoms with Crippen LogP contribution < -0.4 is 5.32 Å². The van der Waals surface area contributed by atoms with Gasteiger partial charge in [-0.05, 0) is 65.3 Å². The van der Waals surface area contributed by atoms with Gasteiger partial charge >= 0.3 is 0 Å². The predicted molar refractivity (Wildman–Crippen MR) is 155 cm³/mol. The highest BCUT2D eigenvalue weighted by Gasteiger charge is 2.21. The van der Waals surface area contributed by atoms with Gasteiger partial charge in [0, 0.05) is 31.4 Å². The van der Waals surface area contributed by atoms with Gasteiger partial charge in [0.2, 0.25) is 5.91 Å². The van der Waals surface area contributed by atoms with Crippen molar-refractivity contribution < 1.29 is 4.79 Å². The first-order valence-corrected chi connectivity index (χ1v) is 13.4. The molecule has 0 saturated carbocycles. The van der Waals surface area contributed by atoms with Crippen LogP contribution in [0.3, 0.4) is 0 Å². The standard InChI is InChI=1S/C31H40N6O/c1-8-36(28(38)20-37-21-34-26-12-10-14-33-29(26)37)16-15-32-27-13-9-11-25(35-27)22-17-23(30(2,3)4)19-24(18-22)31(5,6)7/h9-14,17-19,21H,8,15-16,20H2,1-7H3,(H,32,35). The molecule has 38 heavy (non-hydrogen) atoms. The lowest BCUT2D eigenvalue weighted by atomic mass is 9.79. The maximum absolute atomic E-state index is 13.0. The van der Waals surface area contributed by atoms with E-state index in [-0.39, 0.29) is 23.3 Å². The zero-order valence-electron chi connectivity index (χ0n) is 23.7. The molecular weight excluding hydrogens is 472 g/mol. The summed E-state index contributed by atoms with van der Waals surface area (Å²) in [6.45, 7) is 17.5. The largest absolute Gasteiger partial charge is 0.368 e. The minimum Gasteiger partial charge on any atom is -0.368 e. The first-order chi connectivity index (χ1) is 18.0. The van der Waals surface area contributed by atoms with Gasteiger partial charge in [0.05, 0.1) is 12.0 Å². The number of fused-ring (bicyclic) bond motifs is 1. The first-order valence-electron chi connectivity index (χ1n) is 13.4. The molecule has 200 valence electrons. The topological polar surface area (TPSA) is 75.9 Å². The molecule has 1 N–H and O–H groups in total. The molecule has 4 rings (SSSR count). The van der Waals surface area contributed by atoms with E-state index in [1.807, 2.05) is 36.1 Å². The molecule has 3 aromatic heterocycles. The van der Waals surface area contributed by atoms with E-state index >= 15 is 0 Å². The fourth-order valence-corrected chi connectivity index (χ4v) is 4.37. The first kappa shape index (κ1) is 27.3. The summed E-state index contributed by atoms with van der Waals surface area (Å²) in [5.74, 6) is 0.837. The Balaban J connectivity index is 1.44. The van der Waals surface area contributed by atoms with Crippen LogP contribution in [0.1, 0.15) is 59.6 Å². The molecule has 7 nitrogen and oxygen atoms in total. The summed E-state index contributed by atoms with van der Waals surface area (Å²) in [5, 5.41) is 3.42. The zero-order valence-corrected chi connectivity index (χ0v) is 23.7. The number of likely N-dealkylation sites (N-methyl/N-ethyl adjacent to an activating group) is 1. The number of aromatic nitrogens is 4. The van der Waals surface area contributed by atoms with Crippen molar-refractivity contribution >= 4 is 22.9 Å². The van der Waals surface area contributed by atoms with E-state index in [1.165, 1.54) is 11.1 Å². The van der Waals surface area contributed by atoms with Gasteiger partial charge in [-0.3, -0.25) is 4.79 Å². The van der Waals surface area contributed by atoms with Crippen LogP contribution in [0.5, 0.6) is 0 Å².